The molecular formula is C26H24N2OS. The van der Waals surface area contributed by atoms with E-state index in [1.54, 1.807) is 11.3 Å². The molecule has 2 aromatic heterocycles. The second kappa shape index (κ2) is 8.13. The van der Waals surface area contributed by atoms with Crippen LogP contribution in [0.4, 0.5) is 0 Å². The molecule has 0 radical (unpaired) electrons. The predicted octanol–water partition coefficient (Wildman–Crippen LogP) is 5.68. The molecule has 1 aliphatic rings. The minimum atomic E-state index is 0.176. The molecule has 2 heterocycles. The van der Waals surface area contributed by atoms with Crippen molar-refractivity contribution in [3.05, 3.63) is 100 Å². The summed E-state index contributed by atoms with van der Waals surface area (Å²) in [6, 6.07) is 23.3. The van der Waals surface area contributed by atoms with Gasteiger partial charge >= 0.3 is 0 Å². The number of hydrogen-bond donors (Lipinski definition) is 1. The number of carbonyl (C=O) groups is 1. The molecule has 1 aliphatic carbocycles. The Hall–Kier alpha value is -2.82. The van der Waals surface area contributed by atoms with Gasteiger partial charge in [0.15, 0.2) is 5.78 Å². The van der Waals surface area contributed by atoms with E-state index in [0.29, 0.717) is 18.4 Å². The zero-order valence-corrected chi connectivity index (χ0v) is 17.8. The van der Waals surface area contributed by atoms with Gasteiger partial charge in [-0.15, -0.1) is 11.3 Å². The highest BCUT2D eigenvalue weighted by atomic mass is 32.1. The summed E-state index contributed by atoms with van der Waals surface area (Å²) in [5, 5.41) is 4.91. The summed E-state index contributed by atoms with van der Waals surface area (Å²) in [4.78, 5) is 19.4. The molecule has 1 fully saturated rings. The van der Waals surface area contributed by atoms with Crippen molar-refractivity contribution in [1.29, 1.82) is 0 Å². The van der Waals surface area contributed by atoms with Gasteiger partial charge in [0.1, 0.15) is 4.83 Å². The Kier molecular flexibility index (Phi) is 5.19. The molecular weight excluding hydrogens is 388 g/mol. The lowest BCUT2D eigenvalue weighted by Crippen LogP contribution is -2.16. The zero-order chi connectivity index (χ0) is 20.5. The number of nitrogens with zero attached hydrogens (tertiary/aromatic N) is 1. The number of Topliss-reactive ketones (excluding diaryl/α,β-unsaturated/α-hetero) is 1. The van der Waals surface area contributed by atoms with E-state index in [4.69, 9.17) is 0 Å². The van der Waals surface area contributed by atoms with Crippen LogP contribution in [-0.2, 0) is 13.0 Å². The Bertz CT molecular complexity index is 1160. The van der Waals surface area contributed by atoms with Gasteiger partial charge < -0.3 is 5.32 Å². The van der Waals surface area contributed by atoms with Crippen molar-refractivity contribution in [3.63, 3.8) is 0 Å². The third-order valence-electron chi connectivity index (χ3n) is 5.79. The summed E-state index contributed by atoms with van der Waals surface area (Å²) in [6.07, 6.45) is 3.48. The fourth-order valence-corrected chi connectivity index (χ4v) is 4.97. The molecule has 2 unspecified atom stereocenters. The van der Waals surface area contributed by atoms with Gasteiger partial charge in [-0.1, -0.05) is 54.1 Å². The Morgan fingerprint density at radius 2 is 1.97 bits per heavy atom. The quantitative estimate of drug-likeness (QED) is 0.397. The average molecular weight is 413 g/mol. The molecule has 30 heavy (non-hydrogen) atoms. The Morgan fingerprint density at radius 3 is 2.77 bits per heavy atom. The van der Waals surface area contributed by atoms with Crippen LogP contribution in [0, 0.1) is 6.92 Å². The molecule has 1 N–H and O–H groups in total. The van der Waals surface area contributed by atoms with Crippen LogP contribution in [0.3, 0.4) is 0 Å². The van der Waals surface area contributed by atoms with Crippen LogP contribution in [0.5, 0.6) is 0 Å². The first-order valence-electron chi connectivity index (χ1n) is 10.4. The smallest absolute Gasteiger partial charge is 0.167 e. The summed E-state index contributed by atoms with van der Waals surface area (Å²) in [7, 11) is 0. The first kappa shape index (κ1) is 19.2. The van der Waals surface area contributed by atoms with Crippen LogP contribution in [-0.4, -0.2) is 16.8 Å². The molecule has 1 saturated carbocycles. The molecule has 0 bridgehead atoms. The highest BCUT2D eigenvalue weighted by Gasteiger charge is 2.37. The highest BCUT2D eigenvalue weighted by Crippen LogP contribution is 2.41. The van der Waals surface area contributed by atoms with Crippen molar-refractivity contribution in [2.24, 2.45) is 0 Å². The summed E-state index contributed by atoms with van der Waals surface area (Å²) in [6.45, 7) is 2.91. The Balaban J connectivity index is 1.16. The van der Waals surface area contributed by atoms with E-state index in [9.17, 15) is 4.79 Å². The number of ketones is 1. The van der Waals surface area contributed by atoms with Gasteiger partial charge in [0, 0.05) is 46.9 Å². The van der Waals surface area contributed by atoms with Gasteiger partial charge in [0.05, 0.1) is 0 Å². The molecule has 2 atom stereocenters. The maximum atomic E-state index is 12.5. The van der Waals surface area contributed by atoms with E-state index >= 15 is 0 Å². The third-order valence-corrected chi connectivity index (χ3v) is 6.85. The number of pyridine rings is 1. The number of aromatic nitrogens is 1. The maximum absolute atomic E-state index is 12.5. The summed E-state index contributed by atoms with van der Waals surface area (Å²) in [5.41, 5.74) is 4.35. The lowest BCUT2D eigenvalue weighted by molar-refractivity contribution is 0.0993. The molecule has 0 aliphatic heterocycles. The second-order valence-electron chi connectivity index (χ2n) is 8.15. The van der Waals surface area contributed by atoms with Crippen molar-refractivity contribution in [2.75, 3.05) is 0 Å². The van der Waals surface area contributed by atoms with E-state index < -0.39 is 0 Å². The molecule has 0 saturated heterocycles. The van der Waals surface area contributed by atoms with Crippen LogP contribution in [0.1, 0.15) is 44.3 Å². The summed E-state index contributed by atoms with van der Waals surface area (Å²) in [5.74, 6) is 0.745. The standard InChI is InChI=1S/C26H24N2OS/c1-17-4-2-5-20(12-17)25(29)13-18-7-9-19(10-8-18)23-15-24(23)28-16-22-14-21-6-3-11-27-26(21)30-22/h2-12,14,23-24,28H,13,15-16H2,1H3. The van der Waals surface area contributed by atoms with Gasteiger partial charge in [-0.3, -0.25) is 4.79 Å². The minimum absolute atomic E-state index is 0.176. The van der Waals surface area contributed by atoms with Gasteiger partial charge in [0.2, 0.25) is 0 Å². The second-order valence-corrected chi connectivity index (χ2v) is 9.27. The number of rotatable bonds is 7. The number of aryl methyl sites for hydroxylation is 1. The molecule has 4 heteroatoms. The van der Waals surface area contributed by atoms with Gasteiger partial charge in [-0.25, -0.2) is 4.98 Å². The SMILES string of the molecule is Cc1cccc(C(=O)Cc2ccc(C3CC3NCc3cc4cccnc4s3)cc2)c1. The lowest BCUT2D eigenvalue weighted by atomic mass is 10.00. The van der Waals surface area contributed by atoms with Crippen molar-refractivity contribution in [1.82, 2.24) is 10.3 Å². The molecule has 3 nitrogen and oxygen atoms in total. The average Bonchev–Trinajstić information content (AvgIpc) is 3.42. The fourth-order valence-electron chi connectivity index (χ4n) is 4.02. The lowest BCUT2D eigenvalue weighted by Gasteiger charge is -2.06. The van der Waals surface area contributed by atoms with Crippen molar-refractivity contribution < 1.29 is 4.79 Å². The van der Waals surface area contributed by atoms with Crippen LogP contribution in [0.25, 0.3) is 10.2 Å². The number of thiophene rings is 1. The highest BCUT2D eigenvalue weighted by molar-refractivity contribution is 7.18. The summed E-state index contributed by atoms with van der Waals surface area (Å²) < 4.78 is 0. The largest absolute Gasteiger partial charge is 0.308 e. The third kappa shape index (κ3) is 4.20. The first-order valence-corrected chi connectivity index (χ1v) is 11.2. The fraction of sp³-hybridized carbons (Fsp3) is 0.231. The van der Waals surface area contributed by atoms with Crippen molar-refractivity contribution >= 4 is 27.3 Å². The van der Waals surface area contributed by atoms with E-state index in [0.717, 1.165) is 28.1 Å². The topological polar surface area (TPSA) is 42.0 Å². The minimum Gasteiger partial charge on any atom is -0.308 e. The van der Waals surface area contributed by atoms with Crippen LogP contribution >= 0.6 is 11.3 Å². The molecule has 5 rings (SSSR count). The molecule has 4 aromatic rings. The Labute approximate surface area is 180 Å². The van der Waals surface area contributed by atoms with Gasteiger partial charge in [0.25, 0.3) is 0 Å². The number of hydrogen-bond acceptors (Lipinski definition) is 4. The predicted molar refractivity (Wildman–Crippen MR) is 123 cm³/mol. The van der Waals surface area contributed by atoms with Crippen molar-refractivity contribution in [3.8, 4) is 0 Å². The van der Waals surface area contributed by atoms with Crippen molar-refractivity contribution in [2.45, 2.75) is 38.3 Å². The molecule has 2 aromatic carbocycles. The van der Waals surface area contributed by atoms with E-state index in [2.05, 4.69) is 46.7 Å². The molecule has 0 amide bonds. The zero-order valence-electron chi connectivity index (χ0n) is 17.0. The van der Waals surface area contributed by atoms with Crippen LogP contribution < -0.4 is 5.32 Å². The number of carbonyl (C=O) groups excluding carboxylic acids is 1. The van der Waals surface area contributed by atoms with E-state index in [1.807, 2.05) is 43.5 Å². The van der Waals surface area contributed by atoms with Gasteiger partial charge in [-0.05, 0) is 42.7 Å². The maximum Gasteiger partial charge on any atom is 0.167 e. The summed E-state index contributed by atoms with van der Waals surface area (Å²) >= 11 is 1.77. The normalized spacial score (nSPS) is 17.9. The molecule has 0 spiro atoms. The van der Waals surface area contributed by atoms with Crippen LogP contribution in [0.2, 0.25) is 0 Å². The van der Waals surface area contributed by atoms with Gasteiger partial charge in [-0.2, -0.15) is 0 Å². The number of nitrogens with one attached hydrogen (secondary N) is 1. The van der Waals surface area contributed by atoms with Crippen LogP contribution in [0.15, 0.2) is 72.9 Å². The number of benzene rings is 2. The number of fused-ring (bicyclic) bond motifs is 1. The monoisotopic (exact) mass is 412 g/mol. The van der Waals surface area contributed by atoms with E-state index in [1.165, 1.54) is 22.2 Å². The van der Waals surface area contributed by atoms with E-state index in [-0.39, 0.29) is 5.78 Å². The molecule has 150 valence electrons. The first-order chi connectivity index (χ1) is 14.7. The Morgan fingerprint density at radius 1 is 1.10 bits per heavy atom.